The Morgan fingerprint density at radius 3 is 2.67 bits per heavy atom. The number of rotatable bonds is 6. The minimum Gasteiger partial charge on any atom is -0.478 e. The molecule has 6 heteroatoms. The Morgan fingerprint density at radius 1 is 1.22 bits per heavy atom. The Bertz CT molecular complexity index is 777. The molecule has 1 aromatic carbocycles. The summed E-state index contributed by atoms with van der Waals surface area (Å²) in [4.78, 5) is 31.9. The minimum absolute atomic E-state index is 0.125. The van der Waals surface area contributed by atoms with Gasteiger partial charge in [0.05, 0.1) is 17.8 Å². The van der Waals surface area contributed by atoms with E-state index in [-0.39, 0.29) is 11.8 Å². The highest BCUT2D eigenvalue weighted by Crippen LogP contribution is 2.27. The first-order valence-corrected chi connectivity index (χ1v) is 9.22. The van der Waals surface area contributed by atoms with Crippen LogP contribution in [0.5, 0.6) is 0 Å². The van der Waals surface area contributed by atoms with Crippen LogP contribution in [-0.2, 0) is 11.3 Å². The number of pyridine rings is 1. The number of aromatic nitrogens is 1. The van der Waals surface area contributed by atoms with Crippen molar-refractivity contribution in [3.05, 3.63) is 65.5 Å². The number of likely N-dealkylation sites (tertiary alicyclic amines) is 1. The maximum absolute atomic E-state index is 12.7. The van der Waals surface area contributed by atoms with Gasteiger partial charge in [0.1, 0.15) is 0 Å². The van der Waals surface area contributed by atoms with Crippen LogP contribution in [0.4, 0.5) is 0 Å². The quantitative estimate of drug-likeness (QED) is 0.850. The molecule has 6 nitrogen and oxygen atoms in total. The van der Waals surface area contributed by atoms with Gasteiger partial charge in [0.2, 0.25) is 5.91 Å². The number of hydrogen-bond donors (Lipinski definition) is 1. The second kappa shape index (κ2) is 8.77. The summed E-state index contributed by atoms with van der Waals surface area (Å²) in [7, 11) is 1.93. The molecule has 1 atom stereocenters. The van der Waals surface area contributed by atoms with E-state index < -0.39 is 5.97 Å². The van der Waals surface area contributed by atoms with Gasteiger partial charge < -0.3 is 10.0 Å². The van der Waals surface area contributed by atoms with Gasteiger partial charge in [0.25, 0.3) is 0 Å². The fourth-order valence-electron chi connectivity index (χ4n) is 3.53. The molecule has 0 bridgehead atoms. The number of carbonyl (C=O) groups excluding carboxylic acids is 1. The van der Waals surface area contributed by atoms with E-state index in [1.165, 1.54) is 0 Å². The van der Waals surface area contributed by atoms with Crippen LogP contribution in [0.2, 0.25) is 0 Å². The SMILES string of the molecule is CN(CC(=O)N1CCC[C@@H](c2ccc(C(=O)O)cc2)C1)Cc1ccccn1. The topological polar surface area (TPSA) is 73.7 Å². The van der Waals surface area contributed by atoms with Crippen LogP contribution in [0.25, 0.3) is 0 Å². The van der Waals surface area contributed by atoms with Crippen LogP contribution < -0.4 is 0 Å². The van der Waals surface area contributed by atoms with Gasteiger partial charge in [-0.25, -0.2) is 4.79 Å². The summed E-state index contributed by atoms with van der Waals surface area (Å²) in [5.74, 6) is -0.537. The lowest BCUT2D eigenvalue weighted by Gasteiger charge is -2.34. The average molecular weight is 367 g/mol. The van der Waals surface area contributed by atoms with E-state index >= 15 is 0 Å². The summed E-state index contributed by atoms with van der Waals surface area (Å²) >= 11 is 0. The molecule has 0 radical (unpaired) electrons. The number of aromatic carboxylic acids is 1. The highest BCUT2D eigenvalue weighted by molar-refractivity contribution is 5.87. The number of benzene rings is 1. The predicted molar refractivity (Wildman–Crippen MR) is 103 cm³/mol. The molecule has 2 heterocycles. The normalized spacial score (nSPS) is 17.1. The first kappa shape index (κ1) is 19.0. The molecule has 0 aliphatic carbocycles. The molecule has 3 rings (SSSR count). The first-order valence-electron chi connectivity index (χ1n) is 9.22. The van der Waals surface area contributed by atoms with E-state index in [1.807, 2.05) is 47.2 Å². The van der Waals surface area contributed by atoms with E-state index in [4.69, 9.17) is 5.11 Å². The molecule has 0 saturated carbocycles. The van der Waals surface area contributed by atoms with E-state index in [0.717, 1.165) is 30.6 Å². The third-order valence-electron chi connectivity index (χ3n) is 4.97. The lowest BCUT2D eigenvalue weighted by Crippen LogP contribution is -2.43. The molecule has 1 fully saturated rings. The Hall–Kier alpha value is -2.73. The fraction of sp³-hybridized carbons (Fsp3) is 0.381. The van der Waals surface area contributed by atoms with E-state index in [0.29, 0.717) is 25.2 Å². The van der Waals surface area contributed by atoms with Crippen LogP contribution >= 0.6 is 0 Å². The molecule has 1 aliphatic heterocycles. The number of carboxylic acids is 1. The van der Waals surface area contributed by atoms with Gasteiger partial charge in [0.15, 0.2) is 0 Å². The summed E-state index contributed by atoms with van der Waals surface area (Å²) in [6.45, 7) is 2.46. The maximum atomic E-state index is 12.7. The Balaban J connectivity index is 1.56. The molecule has 0 spiro atoms. The zero-order chi connectivity index (χ0) is 19.2. The average Bonchev–Trinajstić information content (AvgIpc) is 2.69. The largest absolute Gasteiger partial charge is 0.478 e. The van der Waals surface area contributed by atoms with Crippen molar-refractivity contribution in [3.8, 4) is 0 Å². The zero-order valence-corrected chi connectivity index (χ0v) is 15.5. The monoisotopic (exact) mass is 367 g/mol. The number of carboxylic acid groups (broad SMARTS) is 1. The molecule has 0 unspecified atom stereocenters. The number of nitrogens with zero attached hydrogens (tertiary/aromatic N) is 3. The Kier molecular flexibility index (Phi) is 6.19. The zero-order valence-electron chi connectivity index (χ0n) is 15.5. The van der Waals surface area contributed by atoms with Crippen LogP contribution in [0, 0.1) is 0 Å². The van der Waals surface area contributed by atoms with Crippen molar-refractivity contribution >= 4 is 11.9 Å². The highest BCUT2D eigenvalue weighted by Gasteiger charge is 2.25. The summed E-state index contributed by atoms with van der Waals surface area (Å²) in [5, 5.41) is 9.03. The smallest absolute Gasteiger partial charge is 0.335 e. The second-order valence-electron chi connectivity index (χ2n) is 7.10. The van der Waals surface area contributed by atoms with Crippen LogP contribution in [-0.4, -0.2) is 58.4 Å². The summed E-state index contributed by atoms with van der Waals surface area (Å²) in [6, 6.07) is 12.8. The third kappa shape index (κ3) is 5.14. The van der Waals surface area contributed by atoms with Gasteiger partial charge in [-0.05, 0) is 49.7 Å². The molecule has 142 valence electrons. The third-order valence-corrected chi connectivity index (χ3v) is 4.97. The first-order chi connectivity index (χ1) is 13.0. The molecular weight excluding hydrogens is 342 g/mol. The molecule has 1 aromatic heterocycles. The van der Waals surface area contributed by atoms with Gasteiger partial charge in [-0.1, -0.05) is 18.2 Å². The number of piperidine rings is 1. The molecule has 27 heavy (non-hydrogen) atoms. The fourth-order valence-corrected chi connectivity index (χ4v) is 3.53. The molecular formula is C21H25N3O3. The summed E-state index contributed by atoms with van der Waals surface area (Å²) < 4.78 is 0. The summed E-state index contributed by atoms with van der Waals surface area (Å²) in [6.07, 6.45) is 3.73. The van der Waals surface area contributed by atoms with Crippen molar-refractivity contribution in [3.63, 3.8) is 0 Å². The van der Waals surface area contributed by atoms with Crippen LogP contribution in [0.1, 0.15) is 40.4 Å². The molecule has 2 aromatic rings. The standard InChI is InChI=1S/C21H25N3O3/c1-23(14-19-6-2-3-11-22-19)15-20(25)24-12-4-5-18(13-24)16-7-9-17(10-8-16)21(26)27/h2-3,6-11,18H,4-5,12-15H2,1H3,(H,26,27)/t18-/m1/s1. The van der Waals surface area contributed by atoms with E-state index in [2.05, 4.69) is 4.98 Å². The van der Waals surface area contributed by atoms with Gasteiger partial charge in [0, 0.05) is 31.7 Å². The molecule has 1 amide bonds. The number of likely N-dealkylation sites (N-methyl/N-ethyl adjacent to an activating group) is 1. The maximum Gasteiger partial charge on any atom is 0.335 e. The van der Waals surface area contributed by atoms with Crippen molar-refractivity contribution in [2.75, 3.05) is 26.7 Å². The van der Waals surface area contributed by atoms with Gasteiger partial charge in [-0.15, -0.1) is 0 Å². The Morgan fingerprint density at radius 2 is 2.00 bits per heavy atom. The van der Waals surface area contributed by atoms with Crippen molar-refractivity contribution in [1.29, 1.82) is 0 Å². The van der Waals surface area contributed by atoms with Crippen molar-refractivity contribution in [1.82, 2.24) is 14.8 Å². The Labute approximate surface area is 159 Å². The number of carbonyl (C=O) groups is 2. The number of amides is 1. The van der Waals surface area contributed by atoms with Gasteiger partial charge in [-0.2, -0.15) is 0 Å². The lowest BCUT2D eigenvalue weighted by atomic mass is 9.90. The minimum atomic E-state index is -0.919. The second-order valence-corrected chi connectivity index (χ2v) is 7.10. The van der Waals surface area contributed by atoms with Gasteiger partial charge in [-0.3, -0.25) is 14.7 Å². The summed E-state index contributed by atoms with van der Waals surface area (Å²) in [5.41, 5.74) is 2.33. The van der Waals surface area contributed by atoms with Gasteiger partial charge >= 0.3 is 5.97 Å². The molecule has 1 aliphatic rings. The molecule has 1 N–H and O–H groups in total. The van der Waals surface area contributed by atoms with Crippen LogP contribution in [0.3, 0.4) is 0 Å². The van der Waals surface area contributed by atoms with Crippen molar-refractivity contribution < 1.29 is 14.7 Å². The van der Waals surface area contributed by atoms with Crippen molar-refractivity contribution in [2.45, 2.75) is 25.3 Å². The van der Waals surface area contributed by atoms with E-state index in [1.54, 1.807) is 18.3 Å². The predicted octanol–water partition coefficient (Wildman–Crippen LogP) is 2.62. The van der Waals surface area contributed by atoms with E-state index in [9.17, 15) is 9.59 Å². The van der Waals surface area contributed by atoms with Crippen LogP contribution in [0.15, 0.2) is 48.7 Å². The highest BCUT2D eigenvalue weighted by atomic mass is 16.4. The molecule has 1 saturated heterocycles. The van der Waals surface area contributed by atoms with Crippen molar-refractivity contribution in [2.24, 2.45) is 0 Å². The number of hydrogen-bond acceptors (Lipinski definition) is 4. The lowest BCUT2D eigenvalue weighted by molar-refractivity contribution is -0.133.